The van der Waals surface area contributed by atoms with Crippen LogP contribution >= 0.6 is 0 Å². The summed E-state index contributed by atoms with van der Waals surface area (Å²) in [5.74, 6) is 0. The maximum Gasteiger partial charge on any atom is 0.0541 e. The Hall–Kier alpha value is -1.00. The molecule has 0 aliphatic carbocycles. The van der Waals surface area contributed by atoms with Crippen LogP contribution in [0, 0.1) is 0 Å². The van der Waals surface area contributed by atoms with E-state index in [2.05, 4.69) is 20.4 Å². The number of rotatable bonds is 6. The fourth-order valence-corrected chi connectivity index (χ4v) is 2.27. The summed E-state index contributed by atoms with van der Waals surface area (Å²) in [5.41, 5.74) is 1.21. The van der Waals surface area contributed by atoms with Crippen molar-refractivity contribution in [2.45, 2.75) is 32.2 Å². The number of piperidine rings is 1. The van der Waals surface area contributed by atoms with Gasteiger partial charge < -0.3 is 10.2 Å². The third-order valence-electron chi connectivity index (χ3n) is 3.25. The van der Waals surface area contributed by atoms with Gasteiger partial charge in [0.1, 0.15) is 0 Å². The Kier molecular flexibility index (Phi) is 5.39. The molecule has 1 aliphatic rings. The number of nitrogens with one attached hydrogen (secondary N) is 1. The van der Waals surface area contributed by atoms with Gasteiger partial charge in [0.2, 0.25) is 0 Å². The summed E-state index contributed by atoms with van der Waals surface area (Å²) in [6.07, 6.45) is 8.98. The summed E-state index contributed by atoms with van der Waals surface area (Å²) in [4.78, 5) is 2.58. The van der Waals surface area contributed by atoms with E-state index in [1.807, 2.05) is 12.3 Å². The summed E-state index contributed by atoms with van der Waals surface area (Å²) >= 11 is 0. The lowest BCUT2D eigenvalue weighted by Gasteiger charge is -2.26. The van der Waals surface area contributed by atoms with Crippen molar-refractivity contribution in [2.75, 3.05) is 26.2 Å². The van der Waals surface area contributed by atoms with Crippen LogP contribution in [0.25, 0.3) is 0 Å². The number of nitrogens with zero attached hydrogens (tertiary/aromatic N) is 3. The van der Waals surface area contributed by atoms with Crippen LogP contribution in [0.4, 0.5) is 0 Å². The first-order chi connectivity index (χ1) is 8.45. The van der Waals surface area contributed by atoms with E-state index >= 15 is 0 Å². The molecule has 1 saturated heterocycles. The molecule has 17 heavy (non-hydrogen) atoms. The van der Waals surface area contributed by atoms with Gasteiger partial charge in [-0.3, -0.25) is 0 Å². The predicted molar refractivity (Wildman–Crippen MR) is 68.6 cm³/mol. The van der Waals surface area contributed by atoms with E-state index in [4.69, 9.17) is 0 Å². The maximum absolute atomic E-state index is 3.86. The van der Waals surface area contributed by atoms with Gasteiger partial charge in [0, 0.05) is 12.7 Å². The van der Waals surface area contributed by atoms with Crippen LogP contribution in [0.1, 0.15) is 31.2 Å². The van der Waals surface area contributed by atoms with Gasteiger partial charge in [0.25, 0.3) is 0 Å². The van der Waals surface area contributed by atoms with Crippen LogP contribution in [-0.4, -0.2) is 41.3 Å². The third kappa shape index (κ3) is 4.79. The Morgan fingerprint density at radius 3 is 2.82 bits per heavy atom. The molecule has 0 saturated carbocycles. The highest BCUT2D eigenvalue weighted by Crippen LogP contribution is 2.08. The monoisotopic (exact) mass is 234 g/mol. The van der Waals surface area contributed by atoms with Crippen molar-refractivity contribution in [1.82, 2.24) is 20.4 Å². The molecule has 0 unspecified atom stereocenters. The summed E-state index contributed by atoms with van der Waals surface area (Å²) in [5, 5.41) is 11.1. The Balaban J connectivity index is 1.51. The molecule has 0 amide bonds. The van der Waals surface area contributed by atoms with Crippen molar-refractivity contribution < 1.29 is 0 Å². The van der Waals surface area contributed by atoms with Crippen LogP contribution in [0.5, 0.6) is 0 Å². The Labute approximate surface area is 103 Å². The molecule has 0 spiro atoms. The van der Waals surface area contributed by atoms with Crippen molar-refractivity contribution in [3.8, 4) is 0 Å². The molecule has 4 nitrogen and oxygen atoms in total. The maximum atomic E-state index is 3.86. The third-order valence-corrected chi connectivity index (χ3v) is 3.25. The normalized spacial score (nSPS) is 17.2. The lowest BCUT2D eigenvalue weighted by molar-refractivity contribution is 0.225. The fraction of sp³-hybridized carbons (Fsp3) is 0.692. The highest BCUT2D eigenvalue weighted by Gasteiger charge is 2.08. The van der Waals surface area contributed by atoms with E-state index in [9.17, 15) is 0 Å². The van der Waals surface area contributed by atoms with E-state index in [1.165, 1.54) is 50.9 Å². The van der Waals surface area contributed by atoms with Gasteiger partial charge in [0.05, 0.1) is 6.20 Å². The zero-order valence-electron chi connectivity index (χ0n) is 10.4. The highest BCUT2D eigenvalue weighted by molar-refractivity contribution is 5.04. The van der Waals surface area contributed by atoms with E-state index in [0.29, 0.717) is 0 Å². The summed E-state index contributed by atoms with van der Waals surface area (Å²) in [6.45, 7) is 5.82. The van der Waals surface area contributed by atoms with E-state index < -0.39 is 0 Å². The Bertz CT molecular complexity index is 296. The van der Waals surface area contributed by atoms with Crippen molar-refractivity contribution in [3.63, 3.8) is 0 Å². The zero-order valence-corrected chi connectivity index (χ0v) is 10.4. The lowest BCUT2D eigenvalue weighted by atomic mass is 10.1. The SMILES string of the molecule is c1cc(CNCCCN2CCCCC2)cnn1. The largest absolute Gasteiger partial charge is 0.313 e. The first-order valence-electron chi connectivity index (χ1n) is 6.64. The fourth-order valence-electron chi connectivity index (χ4n) is 2.27. The molecule has 1 aliphatic heterocycles. The molecule has 2 rings (SSSR count). The number of hydrogen-bond donors (Lipinski definition) is 1. The topological polar surface area (TPSA) is 41.0 Å². The van der Waals surface area contributed by atoms with Crippen LogP contribution in [0.15, 0.2) is 18.5 Å². The standard InChI is InChI=1S/C13H22N4/c1-2-8-17(9-3-1)10-4-6-14-11-13-5-7-15-16-12-13/h5,7,12,14H,1-4,6,8-11H2. The molecule has 94 valence electrons. The van der Waals surface area contributed by atoms with Gasteiger partial charge in [-0.25, -0.2) is 0 Å². The van der Waals surface area contributed by atoms with Gasteiger partial charge >= 0.3 is 0 Å². The second-order valence-corrected chi connectivity index (χ2v) is 4.68. The first kappa shape index (κ1) is 12.5. The van der Waals surface area contributed by atoms with Gasteiger partial charge in [-0.05, 0) is 57.1 Å². The van der Waals surface area contributed by atoms with E-state index in [-0.39, 0.29) is 0 Å². The average Bonchev–Trinajstić information content (AvgIpc) is 2.41. The summed E-state index contributed by atoms with van der Waals surface area (Å²) in [7, 11) is 0. The van der Waals surface area contributed by atoms with Gasteiger partial charge in [0.15, 0.2) is 0 Å². The predicted octanol–water partition coefficient (Wildman–Crippen LogP) is 1.44. The van der Waals surface area contributed by atoms with Crippen LogP contribution in [0.2, 0.25) is 0 Å². The van der Waals surface area contributed by atoms with Gasteiger partial charge in [-0.2, -0.15) is 10.2 Å². The minimum absolute atomic E-state index is 0.898. The molecule has 2 heterocycles. The van der Waals surface area contributed by atoms with Crippen LogP contribution in [0.3, 0.4) is 0 Å². The molecule has 1 aromatic rings. The molecule has 1 fully saturated rings. The Morgan fingerprint density at radius 1 is 1.18 bits per heavy atom. The number of hydrogen-bond acceptors (Lipinski definition) is 4. The highest BCUT2D eigenvalue weighted by atomic mass is 15.1. The van der Waals surface area contributed by atoms with E-state index in [0.717, 1.165) is 13.1 Å². The molecule has 0 atom stereocenters. The molecule has 0 radical (unpaired) electrons. The average molecular weight is 234 g/mol. The Morgan fingerprint density at radius 2 is 2.06 bits per heavy atom. The molecular formula is C13H22N4. The molecule has 1 aromatic heterocycles. The molecule has 4 heteroatoms. The lowest BCUT2D eigenvalue weighted by Crippen LogP contribution is -2.32. The summed E-state index contributed by atoms with van der Waals surface area (Å²) in [6, 6.07) is 2.00. The quantitative estimate of drug-likeness (QED) is 0.756. The number of likely N-dealkylation sites (tertiary alicyclic amines) is 1. The second-order valence-electron chi connectivity index (χ2n) is 4.68. The van der Waals surface area contributed by atoms with E-state index in [1.54, 1.807) is 6.20 Å². The smallest absolute Gasteiger partial charge is 0.0541 e. The van der Waals surface area contributed by atoms with Gasteiger partial charge in [-0.1, -0.05) is 6.42 Å². The molecule has 0 aromatic carbocycles. The minimum Gasteiger partial charge on any atom is -0.313 e. The molecule has 1 N–H and O–H groups in total. The first-order valence-corrected chi connectivity index (χ1v) is 6.64. The van der Waals surface area contributed by atoms with Crippen molar-refractivity contribution in [2.24, 2.45) is 0 Å². The minimum atomic E-state index is 0.898. The van der Waals surface area contributed by atoms with Crippen molar-refractivity contribution in [3.05, 3.63) is 24.0 Å². The molecule has 0 bridgehead atoms. The van der Waals surface area contributed by atoms with Crippen LogP contribution < -0.4 is 5.32 Å². The van der Waals surface area contributed by atoms with Crippen molar-refractivity contribution in [1.29, 1.82) is 0 Å². The summed E-state index contributed by atoms with van der Waals surface area (Å²) < 4.78 is 0. The zero-order chi connectivity index (χ0) is 11.8. The van der Waals surface area contributed by atoms with Gasteiger partial charge in [-0.15, -0.1) is 0 Å². The van der Waals surface area contributed by atoms with Crippen molar-refractivity contribution >= 4 is 0 Å². The second kappa shape index (κ2) is 7.35. The molecular weight excluding hydrogens is 212 g/mol. The van der Waals surface area contributed by atoms with Crippen LogP contribution in [-0.2, 0) is 6.54 Å². The number of aromatic nitrogens is 2.